The van der Waals surface area contributed by atoms with E-state index >= 15 is 0 Å². The molecule has 4 unspecified atom stereocenters. The Morgan fingerprint density at radius 1 is 1.00 bits per heavy atom. The molecule has 2 aromatic carbocycles. The summed E-state index contributed by atoms with van der Waals surface area (Å²) in [5.74, 6) is 0.267. The Morgan fingerprint density at radius 3 is 2.78 bits per heavy atom. The summed E-state index contributed by atoms with van der Waals surface area (Å²) in [5.41, 5.74) is 9.78. The van der Waals surface area contributed by atoms with E-state index in [1.54, 1.807) is 0 Å². The normalized spacial score (nSPS) is 27.1. The van der Waals surface area contributed by atoms with E-state index in [0.717, 1.165) is 35.9 Å². The maximum absolute atomic E-state index is 6.21. The smallest absolute Gasteiger partial charge is 0.158 e. The van der Waals surface area contributed by atoms with E-state index in [1.807, 2.05) is 6.26 Å². The standard InChI is InChI=1S/C33H33N3O/c1-21-19-28(30-14-8-9-22(2)35(30)3)34-20-31(21)36-29-13-7-6-12-26(29)24-10-4-5-11-25(24)27-16-15-23-17-18-37-33(23)32(27)36/h4,6-8,10,12-22,30-31H,5,9,11H2,1-3H3. The summed E-state index contributed by atoms with van der Waals surface area (Å²) in [6.07, 6.45) is 18.8. The van der Waals surface area contributed by atoms with Crippen molar-refractivity contribution in [3.63, 3.8) is 0 Å². The molecule has 1 aliphatic carbocycles. The first-order valence-electron chi connectivity index (χ1n) is 13.5. The first-order valence-corrected chi connectivity index (χ1v) is 13.5. The second kappa shape index (κ2) is 8.74. The fourth-order valence-corrected chi connectivity index (χ4v) is 6.51. The highest BCUT2D eigenvalue weighted by Crippen LogP contribution is 2.51. The number of likely N-dealkylation sites (N-methyl/N-ethyl adjacent to an activating group) is 1. The largest absolute Gasteiger partial charge is 0.462 e. The quantitative estimate of drug-likeness (QED) is 0.346. The van der Waals surface area contributed by atoms with E-state index < -0.39 is 0 Å². The van der Waals surface area contributed by atoms with E-state index in [4.69, 9.17) is 9.41 Å². The zero-order valence-electron chi connectivity index (χ0n) is 21.8. The Labute approximate surface area is 219 Å². The molecule has 3 aromatic rings. The molecule has 0 saturated heterocycles. The van der Waals surface area contributed by atoms with Gasteiger partial charge in [-0.05, 0) is 56.5 Å². The molecule has 1 aromatic heterocycles. The van der Waals surface area contributed by atoms with Gasteiger partial charge in [-0.1, -0.05) is 67.6 Å². The summed E-state index contributed by atoms with van der Waals surface area (Å²) in [7, 11) is 2.21. The molecule has 37 heavy (non-hydrogen) atoms. The molecule has 4 nitrogen and oxygen atoms in total. The molecule has 0 N–H and O–H groups in total. The summed E-state index contributed by atoms with van der Waals surface area (Å²) in [4.78, 5) is 10.1. The highest BCUT2D eigenvalue weighted by Gasteiger charge is 2.36. The number of fused-ring (bicyclic) bond motifs is 6. The molecule has 186 valence electrons. The minimum Gasteiger partial charge on any atom is -0.462 e. The lowest BCUT2D eigenvalue weighted by atomic mass is 9.88. The van der Waals surface area contributed by atoms with Crippen LogP contribution in [0.5, 0.6) is 0 Å². The number of hydrogen-bond donors (Lipinski definition) is 0. The predicted molar refractivity (Wildman–Crippen MR) is 154 cm³/mol. The van der Waals surface area contributed by atoms with Crippen LogP contribution in [0.25, 0.3) is 22.1 Å². The first kappa shape index (κ1) is 22.6. The van der Waals surface area contributed by atoms with Crippen molar-refractivity contribution in [2.75, 3.05) is 11.9 Å². The average molecular weight is 488 g/mol. The van der Waals surface area contributed by atoms with E-state index in [9.17, 15) is 0 Å². The molecule has 4 heterocycles. The van der Waals surface area contributed by atoms with E-state index in [2.05, 4.69) is 110 Å². The molecule has 4 atom stereocenters. The Hall–Kier alpha value is -3.63. The van der Waals surface area contributed by atoms with Gasteiger partial charge in [0.25, 0.3) is 0 Å². The van der Waals surface area contributed by atoms with Crippen molar-refractivity contribution in [3.05, 3.63) is 95.9 Å². The monoisotopic (exact) mass is 487 g/mol. The molecule has 3 aliphatic heterocycles. The Bertz CT molecular complexity index is 1530. The van der Waals surface area contributed by atoms with Gasteiger partial charge in [-0.2, -0.15) is 0 Å². The van der Waals surface area contributed by atoms with E-state index in [0.29, 0.717) is 6.04 Å². The minimum absolute atomic E-state index is 0.0694. The maximum atomic E-state index is 6.21. The van der Waals surface area contributed by atoms with Crippen molar-refractivity contribution in [1.29, 1.82) is 0 Å². The molecular formula is C33H33N3O. The van der Waals surface area contributed by atoms with Crippen LogP contribution < -0.4 is 4.90 Å². The molecule has 4 heteroatoms. The lowest BCUT2D eigenvalue weighted by Crippen LogP contribution is -2.43. The Balaban J connectivity index is 1.41. The molecule has 0 saturated carbocycles. The van der Waals surface area contributed by atoms with Crippen molar-refractivity contribution in [3.8, 4) is 0 Å². The summed E-state index contributed by atoms with van der Waals surface area (Å²) < 4.78 is 6.21. The highest BCUT2D eigenvalue weighted by molar-refractivity contribution is 6.10. The molecule has 0 bridgehead atoms. The second-order valence-electron chi connectivity index (χ2n) is 10.9. The van der Waals surface area contributed by atoms with Gasteiger partial charge in [-0.3, -0.25) is 9.89 Å². The molecule has 0 fully saturated rings. The number of aliphatic imine (C=N–C) groups is 1. The number of para-hydroxylation sites is 1. The summed E-state index contributed by atoms with van der Waals surface area (Å²) in [6.45, 7) is 4.62. The van der Waals surface area contributed by atoms with Crippen LogP contribution in [0.15, 0.2) is 94.2 Å². The van der Waals surface area contributed by atoms with Crippen LogP contribution in [0.4, 0.5) is 11.4 Å². The third kappa shape index (κ3) is 3.50. The van der Waals surface area contributed by atoms with Crippen LogP contribution >= 0.6 is 0 Å². The summed E-state index contributed by atoms with van der Waals surface area (Å²) >= 11 is 0. The first-order chi connectivity index (χ1) is 18.1. The van der Waals surface area contributed by atoms with E-state index in [1.165, 1.54) is 33.6 Å². The lowest BCUT2D eigenvalue weighted by Gasteiger charge is -2.39. The van der Waals surface area contributed by atoms with Gasteiger partial charge < -0.3 is 9.32 Å². The van der Waals surface area contributed by atoms with Crippen LogP contribution in [-0.2, 0) is 0 Å². The summed E-state index contributed by atoms with van der Waals surface area (Å²) in [6, 6.07) is 16.2. The molecular weight excluding hydrogens is 454 g/mol. The van der Waals surface area contributed by atoms with Crippen molar-refractivity contribution in [2.24, 2.45) is 10.9 Å². The SMILES string of the molecule is CC1C=C(C2C=CCC(C)N2C)N=CC1N1c2ccccc2C2=C(CCC=C2)c2ccc3ccoc3c21. The van der Waals surface area contributed by atoms with Gasteiger partial charge in [0, 0.05) is 40.4 Å². The molecule has 0 radical (unpaired) electrons. The molecule has 0 spiro atoms. The van der Waals surface area contributed by atoms with Crippen molar-refractivity contribution in [1.82, 2.24) is 4.90 Å². The Kier molecular flexibility index (Phi) is 5.33. The number of benzene rings is 2. The fourth-order valence-electron chi connectivity index (χ4n) is 6.51. The van der Waals surface area contributed by atoms with Crippen molar-refractivity contribution in [2.45, 2.75) is 51.2 Å². The molecule has 4 aliphatic rings. The third-order valence-electron chi connectivity index (χ3n) is 8.67. The maximum Gasteiger partial charge on any atom is 0.158 e. The van der Waals surface area contributed by atoms with Gasteiger partial charge in [-0.25, -0.2) is 0 Å². The van der Waals surface area contributed by atoms with Crippen LogP contribution in [0, 0.1) is 5.92 Å². The minimum atomic E-state index is 0.0694. The third-order valence-corrected chi connectivity index (χ3v) is 8.67. The van der Waals surface area contributed by atoms with Gasteiger partial charge in [0.1, 0.15) is 0 Å². The zero-order valence-corrected chi connectivity index (χ0v) is 21.8. The molecule has 7 rings (SSSR count). The van der Waals surface area contributed by atoms with Gasteiger partial charge in [0.15, 0.2) is 5.58 Å². The topological polar surface area (TPSA) is 32.0 Å². The van der Waals surface area contributed by atoms with Crippen LogP contribution in [-0.4, -0.2) is 36.3 Å². The fraction of sp³-hybridized carbons (Fsp3) is 0.303. The van der Waals surface area contributed by atoms with Gasteiger partial charge in [0.2, 0.25) is 0 Å². The number of furan rings is 1. The number of hydrogen-bond acceptors (Lipinski definition) is 4. The van der Waals surface area contributed by atoms with Gasteiger partial charge >= 0.3 is 0 Å². The van der Waals surface area contributed by atoms with Crippen molar-refractivity contribution < 1.29 is 4.42 Å². The summed E-state index contributed by atoms with van der Waals surface area (Å²) in [5, 5.41) is 1.14. The van der Waals surface area contributed by atoms with Crippen molar-refractivity contribution >= 4 is 39.7 Å². The number of allylic oxidation sites excluding steroid dienone is 4. The Morgan fingerprint density at radius 2 is 1.89 bits per heavy atom. The average Bonchev–Trinajstić information content (AvgIpc) is 3.36. The van der Waals surface area contributed by atoms with Crippen LogP contribution in [0.3, 0.4) is 0 Å². The number of anilines is 2. The van der Waals surface area contributed by atoms with E-state index in [-0.39, 0.29) is 18.0 Å². The number of rotatable bonds is 2. The predicted octanol–water partition coefficient (Wildman–Crippen LogP) is 7.77. The van der Waals surface area contributed by atoms with Crippen LogP contribution in [0.1, 0.15) is 44.2 Å². The van der Waals surface area contributed by atoms with Gasteiger partial charge in [-0.15, -0.1) is 0 Å². The zero-order chi connectivity index (χ0) is 25.1. The number of nitrogens with zero attached hydrogens (tertiary/aromatic N) is 3. The highest BCUT2D eigenvalue weighted by atomic mass is 16.3. The van der Waals surface area contributed by atoms with Gasteiger partial charge in [0.05, 0.1) is 29.7 Å². The van der Waals surface area contributed by atoms with Crippen LogP contribution in [0.2, 0.25) is 0 Å². The lowest BCUT2D eigenvalue weighted by molar-refractivity contribution is 0.224. The molecule has 0 amide bonds. The second-order valence-corrected chi connectivity index (χ2v) is 10.9.